The summed E-state index contributed by atoms with van der Waals surface area (Å²) < 4.78 is 0. The highest BCUT2D eigenvalue weighted by molar-refractivity contribution is 5.82. The molecule has 1 unspecified atom stereocenters. The fraction of sp³-hybridized carbons (Fsp3) is 0.909. The van der Waals surface area contributed by atoms with Crippen molar-refractivity contribution in [2.24, 2.45) is 5.92 Å². The van der Waals surface area contributed by atoms with Gasteiger partial charge in [0, 0.05) is 6.04 Å². The highest BCUT2D eigenvalue weighted by Crippen LogP contribution is 2.26. The molecule has 0 aromatic carbocycles. The highest BCUT2D eigenvalue weighted by Gasteiger charge is 2.29. The summed E-state index contributed by atoms with van der Waals surface area (Å²) in [6.07, 6.45) is 5.74. The number of hydrogen-bond acceptors (Lipinski definition) is 2. The largest absolute Gasteiger partial charge is 0.352 e. The van der Waals surface area contributed by atoms with Gasteiger partial charge in [-0.05, 0) is 38.1 Å². The van der Waals surface area contributed by atoms with Crippen LogP contribution in [0.1, 0.15) is 39.0 Å². The maximum absolute atomic E-state index is 11.7. The Bertz CT molecular complexity index is 205. The van der Waals surface area contributed by atoms with E-state index in [4.69, 9.17) is 0 Å². The van der Waals surface area contributed by atoms with Crippen LogP contribution < -0.4 is 10.6 Å². The van der Waals surface area contributed by atoms with Crippen molar-refractivity contribution in [3.63, 3.8) is 0 Å². The first-order valence-electron chi connectivity index (χ1n) is 5.79. The van der Waals surface area contributed by atoms with Crippen molar-refractivity contribution in [2.45, 2.75) is 51.1 Å². The van der Waals surface area contributed by atoms with Gasteiger partial charge in [0.15, 0.2) is 0 Å². The minimum Gasteiger partial charge on any atom is -0.352 e. The quantitative estimate of drug-likeness (QED) is 0.693. The maximum atomic E-state index is 11.7. The average molecular weight is 196 g/mol. The summed E-state index contributed by atoms with van der Waals surface area (Å²) >= 11 is 0. The standard InChI is InChI=1S/C11H20N2O/c1-8-6-9(7-8)13-11(14)10-4-2-3-5-12-10/h8-10,12H,2-7H2,1H3,(H,13,14). The van der Waals surface area contributed by atoms with Gasteiger partial charge >= 0.3 is 0 Å². The summed E-state index contributed by atoms with van der Waals surface area (Å²) in [4.78, 5) is 11.7. The molecule has 1 saturated heterocycles. The first kappa shape index (κ1) is 9.97. The molecule has 1 heterocycles. The maximum Gasteiger partial charge on any atom is 0.237 e. The second kappa shape index (κ2) is 4.30. The molecule has 2 aliphatic rings. The van der Waals surface area contributed by atoms with E-state index in [-0.39, 0.29) is 11.9 Å². The molecule has 2 N–H and O–H groups in total. The zero-order valence-corrected chi connectivity index (χ0v) is 8.88. The molecule has 2 fully saturated rings. The number of carbonyl (C=O) groups excluding carboxylic acids is 1. The summed E-state index contributed by atoms with van der Waals surface area (Å²) in [5.74, 6) is 1.03. The molecule has 80 valence electrons. The third-order valence-electron chi connectivity index (χ3n) is 3.35. The predicted octanol–water partition coefficient (Wildman–Crippen LogP) is 1.04. The highest BCUT2D eigenvalue weighted by atomic mass is 16.2. The molecule has 1 atom stereocenters. The predicted molar refractivity (Wildman–Crippen MR) is 56.0 cm³/mol. The molecule has 0 bridgehead atoms. The van der Waals surface area contributed by atoms with Gasteiger partial charge in [-0.3, -0.25) is 4.79 Å². The van der Waals surface area contributed by atoms with Crippen LogP contribution in [-0.4, -0.2) is 24.5 Å². The van der Waals surface area contributed by atoms with Crippen LogP contribution >= 0.6 is 0 Å². The van der Waals surface area contributed by atoms with Gasteiger partial charge in [0.2, 0.25) is 5.91 Å². The Kier molecular flexibility index (Phi) is 3.06. The molecular weight excluding hydrogens is 176 g/mol. The van der Waals surface area contributed by atoms with Crippen molar-refractivity contribution >= 4 is 5.91 Å². The number of rotatable bonds is 2. The Morgan fingerprint density at radius 3 is 2.71 bits per heavy atom. The van der Waals surface area contributed by atoms with E-state index in [0.29, 0.717) is 6.04 Å². The third-order valence-corrected chi connectivity index (χ3v) is 3.35. The van der Waals surface area contributed by atoms with Crippen molar-refractivity contribution in [1.29, 1.82) is 0 Å². The van der Waals surface area contributed by atoms with E-state index in [0.717, 1.165) is 18.9 Å². The molecule has 2 rings (SSSR count). The number of hydrogen-bond donors (Lipinski definition) is 2. The van der Waals surface area contributed by atoms with Crippen molar-refractivity contribution in [1.82, 2.24) is 10.6 Å². The van der Waals surface area contributed by atoms with Crippen molar-refractivity contribution in [2.75, 3.05) is 6.54 Å². The third kappa shape index (κ3) is 2.27. The Morgan fingerprint density at radius 1 is 1.36 bits per heavy atom. The second-order valence-electron chi connectivity index (χ2n) is 4.78. The van der Waals surface area contributed by atoms with Gasteiger partial charge in [-0.2, -0.15) is 0 Å². The van der Waals surface area contributed by atoms with Crippen LogP contribution in [0.4, 0.5) is 0 Å². The minimum atomic E-state index is 0.0830. The first-order valence-corrected chi connectivity index (χ1v) is 5.79. The average Bonchev–Trinajstić information content (AvgIpc) is 2.17. The summed E-state index contributed by atoms with van der Waals surface area (Å²) in [5.41, 5.74) is 0. The van der Waals surface area contributed by atoms with Gasteiger partial charge in [-0.1, -0.05) is 13.3 Å². The van der Waals surface area contributed by atoms with E-state index >= 15 is 0 Å². The van der Waals surface area contributed by atoms with Crippen LogP contribution in [0.5, 0.6) is 0 Å². The summed E-state index contributed by atoms with van der Waals surface area (Å²) in [6.45, 7) is 3.24. The van der Waals surface area contributed by atoms with Crippen molar-refractivity contribution in [3.8, 4) is 0 Å². The van der Waals surface area contributed by atoms with Crippen LogP contribution in [0.2, 0.25) is 0 Å². The van der Waals surface area contributed by atoms with Crippen LogP contribution in [0.25, 0.3) is 0 Å². The molecule has 0 aromatic heterocycles. The SMILES string of the molecule is CC1CC(NC(=O)C2CCCCN2)C1. The monoisotopic (exact) mass is 196 g/mol. The van der Waals surface area contributed by atoms with Crippen molar-refractivity contribution in [3.05, 3.63) is 0 Å². The van der Waals surface area contributed by atoms with E-state index in [1.807, 2.05) is 0 Å². The Labute approximate surface area is 85.6 Å². The van der Waals surface area contributed by atoms with Gasteiger partial charge in [0.05, 0.1) is 6.04 Å². The lowest BCUT2D eigenvalue weighted by Gasteiger charge is -2.35. The minimum absolute atomic E-state index is 0.0830. The smallest absolute Gasteiger partial charge is 0.237 e. The van der Waals surface area contributed by atoms with E-state index in [2.05, 4.69) is 17.6 Å². The fourth-order valence-electron chi connectivity index (χ4n) is 2.40. The normalized spacial score (nSPS) is 37.4. The van der Waals surface area contributed by atoms with E-state index in [1.165, 1.54) is 25.7 Å². The number of nitrogens with one attached hydrogen (secondary N) is 2. The van der Waals surface area contributed by atoms with Crippen molar-refractivity contribution < 1.29 is 4.79 Å². The van der Waals surface area contributed by atoms with E-state index in [9.17, 15) is 4.79 Å². The molecule has 3 nitrogen and oxygen atoms in total. The first-order chi connectivity index (χ1) is 6.75. The molecule has 1 aliphatic carbocycles. The fourth-order valence-corrected chi connectivity index (χ4v) is 2.40. The van der Waals surface area contributed by atoms with Gasteiger partial charge < -0.3 is 10.6 Å². The zero-order valence-electron chi connectivity index (χ0n) is 8.88. The van der Waals surface area contributed by atoms with Crippen LogP contribution in [0, 0.1) is 5.92 Å². The van der Waals surface area contributed by atoms with E-state index < -0.39 is 0 Å². The zero-order chi connectivity index (χ0) is 9.97. The van der Waals surface area contributed by atoms with Gasteiger partial charge in [0.1, 0.15) is 0 Å². The molecule has 0 radical (unpaired) electrons. The second-order valence-corrected chi connectivity index (χ2v) is 4.78. The van der Waals surface area contributed by atoms with Gasteiger partial charge in [0.25, 0.3) is 0 Å². The summed E-state index contributed by atoms with van der Waals surface area (Å²) in [6, 6.07) is 0.542. The number of amides is 1. The topological polar surface area (TPSA) is 41.1 Å². The molecule has 0 aromatic rings. The Hall–Kier alpha value is -0.570. The summed E-state index contributed by atoms with van der Waals surface area (Å²) in [5, 5.41) is 6.39. The molecule has 1 saturated carbocycles. The van der Waals surface area contributed by atoms with Gasteiger partial charge in [-0.25, -0.2) is 0 Å². The molecular formula is C11H20N2O. The Balaban J connectivity index is 1.71. The number of carbonyl (C=O) groups is 1. The molecule has 1 aliphatic heterocycles. The van der Waals surface area contributed by atoms with Crippen LogP contribution in [-0.2, 0) is 4.79 Å². The van der Waals surface area contributed by atoms with Crippen LogP contribution in [0.15, 0.2) is 0 Å². The molecule has 3 heteroatoms. The van der Waals surface area contributed by atoms with Gasteiger partial charge in [-0.15, -0.1) is 0 Å². The molecule has 14 heavy (non-hydrogen) atoms. The lowest BCUT2D eigenvalue weighted by atomic mass is 9.81. The lowest BCUT2D eigenvalue weighted by molar-refractivity contribution is -0.125. The van der Waals surface area contributed by atoms with E-state index in [1.54, 1.807) is 0 Å². The van der Waals surface area contributed by atoms with Crippen LogP contribution in [0.3, 0.4) is 0 Å². The summed E-state index contributed by atoms with van der Waals surface area (Å²) in [7, 11) is 0. The lowest BCUT2D eigenvalue weighted by Crippen LogP contribution is -2.52. The molecule has 1 amide bonds. The number of piperidine rings is 1. The molecule has 0 spiro atoms. The Morgan fingerprint density at radius 2 is 2.14 bits per heavy atom.